The number of rotatable bonds is 0. The molecule has 0 aromatic carbocycles. The monoisotopic (exact) mass is 284 g/mol. The standard InChI is InChI=1S/C14H21BrO/c1-9-5-11-7-13(3,4)8-12(16)14(11,15)6-10(9)2/h11H,5-8H2,1-4H3/t11-,14+/m0/s1. The largest absolute Gasteiger partial charge is 0.298 e. The molecule has 0 saturated heterocycles. The molecule has 16 heavy (non-hydrogen) atoms. The number of Topliss-reactive ketones (excluding diaryl/α,β-unsaturated/α-hetero) is 1. The number of ketones is 1. The highest BCUT2D eigenvalue weighted by Crippen LogP contribution is 2.53. The molecule has 1 nitrogen and oxygen atoms in total. The van der Waals surface area contributed by atoms with Gasteiger partial charge in [-0.3, -0.25) is 4.79 Å². The van der Waals surface area contributed by atoms with Crippen LogP contribution in [0.1, 0.15) is 53.4 Å². The molecule has 0 bridgehead atoms. The minimum atomic E-state index is -0.244. The third kappa shape index (κ3) is 1.90. The van der Waals surface area contributed by atoms with Crippen LogP contribution < -0.4 is 0 Å². The first-order chi connectivity index (χ1) is 7.24. The minimum absolute atomic E-state index is 0.185. The average Bonchev–Trinajstić information content (AvgIpc) is 2.11. The van der Waals surface area contributed by atoms with Gasteiger partial charge in [0, 0.05) is 6.42 Å². The second kappa shape index (κ2) is 3.69. The minimum Gasteiger partial charge on any atom is -0.298 e. The van der Waals surface area contributed by atoms with Gasteiger partial charge >= 0.3 is 0 Å². The summed E-state index contributed by atoms with van der Waals surface area (Å²) < 4.78 is -0.244. The van der Waals surface area contributed by atoms with Crippen LogP contribution in [-0.2, 0) is 4.79 Å². The Balaban J connectivity index is 2.36. The van der Waals surface area contributed by atoms with Crippen molar-refractivity contribution in [3.8, 4) is 0 Å². The lowest BCUT2D eigenvalue weighted by Gasteiger charge is -2.48. The van der Waals surface area contributed by atoms with E-state index < -0.39 is 0 Å². The van der Waals surface area contributed by atoms with E-state index in [1.807, 2.05) is 0 Å². The summed E-state index contributed by atoms with van der Waals surface area (Å²) in [6.45, 7) is 8.82. The van der Waals surface area contributed by atoms with Gasteiger partial charge in [0.05, 0.1) is 4.32 Å². The maximum Gasteiger partial charge on any atom is 0.150 e. The maximum atomic E-state index is 12.3. The highest BCUT2D eigenvalue weighted by molar-refractivity contribution is 9.10. The molecule has 0 radical (unpaired) electrons. The van der Waals surface area contributed by atoms with E-state index in [0.29, 0.717) is 11.7 Å². The van der Waals surface area contributed by atoms with E-state index >= 15 is 0 Å². The smallest absolute Gasteiger partial charge is 0.150 e. The van der Waals surface area contributed by atoms with Crippen molar-refractivity contribution in [3.05, 3.63) is 11.1 Å². The number of hydrogen-bond acceptors (Lipinski definition) is 1. The summed E-state index contributed by atoms with van der Waals surface area (Å²) in [5, 5.41) is 0. The highest BCUT2D eigenvalue weighted by atomic mass is 79.9. The number of halogens is 1. The van der Waals surface area contributed by atoms with Gasteiger partial charge in [-0.2, -0.15) is 0 Å². The van der Waals surface area contributed by atoms with Gasteiger partial charge in [-0.25, -0.2) is 0 Å². The molecule has 2 heteroatoms. The molecule has 0 N–H and O–H groups in total. The fraction of sp³-hybridized carbons (Fsp3) is 0.786. The van der Waals surface area contributed by atoms with Crippen LogP contribution in [0.5, 0.6) is 0 Å². The average molecular weight is 285 g/mol. The Bertz CT molecular complexity index is 367. The Labute approximate surface area is 107 Å². The zero-order valence-electron chi connectivity index (χ0n) is 10.7. The van der Waals surface area contributed by atoms with E-state index in [1.54, 1.807) is 0 Å². The van der Waals surface area contributed by atoms with E-state index in [4.69, 9.17) is 0 Å². The normalized spacial score (nSPS) is 38.6. The van der Waals surface area contributed by atoms with Gasteiger partial charge in [0.2, 0.25) is 0 Å². The summed E-state index contributed by atoms with van der Waals surface area (Å²) >= 11 is 3.77. The molecule has 2 rings (SSSR count). The van der Waals surface area contributed by atoms with Crippen LogP contribution in [0.3, 0.4) is 0 Å². The Morgan fingerprint density at radius 2 is 1.81 bits per heavy atom. The number of fused-ring (bicyclic) bond motifs is 1. The van der Waals surface area contributed by atoms with Gasteiger partial charge in [0.25, 0.3) is 0 Å². The van der Waals surface area contributed by atoms with Crippen LogP contribution in [0.15, 0.2) is 11.1 Å². The molecule has 0 amide bonds. The van der Waals surface area contributed by atoms with E-state index in [2.05, 4.69) is 43.6 Å². The van der Waals surface area contributed by atoms with Crippen LogP contribution in [0.2, 0.25) is 0 Å². The van der Waals surface area contributed by atoms with Gasteiger partial charge in [-0.15, -0.1) is 0 Å². The summed E-state index contributed by atoms with van der Waals surface area (Å²) in [6, 6.07) is 0. The molecule has 0 unspecified atom stereocenters. The lowest BCUT2D eigenvalue weighted by Crippen LogP contribution is -2.50. The Morgan fingerprint density at radius 1 is 1.19 bits per heavy atom. The van der Waals surface area contributed by atoms with Gasteiger partial charge in [-0.1, -0.05) is 40.9 Å². The molecule has 0 aromatic heterocycles. The highest BCUT2D eigenvalue weighted by Gasteiger charge is 2.51. The Morgan fingerprint density at radius 3 is 2.44 bits per heavy atom. The van der Waals surface area contributed by atoms with Crippen LogP contribution in [0.4, 0.5) is 0 Å². The molecule has 2 atom stereocenters. The second-order valence-corrected chi connectivity index (χ2v) is 7.88. The van der Waals surface area contributed by atoms with E-state index in [1.165, 1.54) is 11.1 Å². The topological polar surface area (TPSA) is 17.1 Å². The quantitative estimate of drug-likeness (QED) is 0.480. The summed E-state index contributed by atoms with van der Waals surface area (Å²) in [5.74, 6) is 0.910. The third-order valence-corrected chi connectivity index (χ3v) is 5.72. The molecule has 0 aromatic rings. The van der Waals surface area contributed by atoms with Gasteiger partial charge < -0.3 is 0 Å². The number of hydrogen-bond donors (Lipinski definition) is 0. The predicted molar refractivity (Wildman–Crippen MR) is 70.8 cm³/mol. The Kier molecular flexibility index (Phi) is 2.85. The fourth-order valence-corrected chi connectivity index (χ4v) is 4.15. The number of carbonyl (C=O) groups is 1. The zero-order valence-corrected chi connectivity index (χ0v) is 12.3. The summed E-state index contributed by atoms with van der Waals surface area (Å²) in [5.41, 5.74) is 3.08. The van der Waals surface area contributed by atoms with E-state index in [9.17, 15) is 4.79 Å². The van der Waals surface area contributed by atoms with Gasteiger partial charge in [0.1, 0.15) is 0 Å². The van der Waals surface area contributed by atoms with Crippen LogP contribution in [0, 0.1) is 11.3 Å². The van der Waals surface area contributed by atoms with Crippen molar-refractivity contribution in [2.75, 3.05) is 0 Å². The van der Waals surface area contributed by atoms with Crippen LogP contribution in [0.25, 0.3) is 0 Å². The molecule has 2 aliphatic carbocycles. The lowest BCUT2D eigenvalue weighted by atomic mass is 9.61. The summed E-state index contributed by atoms with van der Waals surface area (Å²) in [7, 11) is 0. The fourth-order valence-electron chi connectivity index (χ4n) is 3.27. The van der Waals surface area contributed by atoms with Crippen molar-refractivity contribution in [3.63, 3.8) is 0 Å². The molecule has 90 valence electrons. The van der Waals surface area contributed by atoms with Crippen molar-refractivity contribution in [1.82, 2.24) is 0 Å². The van der Waals surface area contributed by atoms with Crippen LogP contribution >= 0.6 is 15.9 Å². The first-order valence-corrected chi connectivity index (χ1v) is 6.91. The van der Waals surface area contributed by atoms with Crippen molar-refractivity contribution in [2.24, 2.45) is 11.3 Å². The number of carbonyl (C=O) groups excluding carboxylic acids is 1. The molecule has 0 aliphatic heterocycles. The molecule has 0 spiro atoms. The van der Waals surface area contributed by atoms with Gasteiger partial charge in [0.15, 0.2) is 5.78 Å². The van der Waals surface area contributed by atoms with Crippen molar-refractivity contribution >= 4 is 21.7 Å². The molecule has 1 saturated carbocycles. The predicted octanol–water partition coefficient (Wildman–Crippen LogP) is 4.26. The number of allylic oxidation sites excluding steroid dienone is 2. The molecular formula is C14H21BrO. The SMILES string of the molecule is CC1=C(C)C[C@]2(Br)C(=O)CC(C)(C)C[C@@H]2C1. The van der Waals surface area contributed by atoms with Crippen molar-refractivity contribution < 1.29 is 4.79 Å². The number of alkyl halides is 1. The molecule has 2 aliphatic rings. The maximum absolute atomic E-state index is 12.3. The van der Waals surface area contributed by atoms with Gasteiger partial charge in [-0.05, 0) is 44.4 Å². The second-order valence-electron chi connectivity index (χ2n) is 6.47. The molecular weight excluding hydrogens is 264 g/mol. The van der Waals surface area contributed by atoms with Crippen molar-refractivity contribution in [2.45, 2.75) is 57.7 Å². The molecule has 1 fully saturated rings. The first kappa shape index (κ1) is 12.3. The van der Waals surface area contributed by atoms with E-state index in [0.717, 1.165) is 25.7 Å². The summed E-state index contributed by atoms with van der Waals surface area (Å²) in [4.78, 5) is 12.3. The third-order valence-electron chi connectivity index (χ3n) is 4.35. The Hall–Kier alpha value is -0.110. The van der Waals surface area contributed by atoms with E-state index in [-0.39, 0.29) is 9.74 Å². The van der Waals surface area contributed by atoms with Crippen molar-refractivity contribution in [1.29, 1.82) is 0 Å². The lowest BCUT2D eigenvalue weighted by molar-refractivity contribution is -0.128. The van der Waals surface area contributed by atoms with Crippen LogP contribution in [-0.4, -0.2) is 10.1 Å². The zero-order chi connectivity index (χ0) is 12.1. The molecule has 0 heterocycles. The first-order valence-electron chi connectivity index (χ1n) is 6.12. The summed E-state index contributed by atoms with van der Waals surface area (Å²) in [6.07, 6.45) is 3.89.